The summed E-state index contributed by atoms with van der Waals surface area (Å²) in [7, 11) is 0. The summed E-state index contributed by atoms with van der Waals surface area (Å²) in [6.07, 6.45) is 2.57. The Morgan fingerprint density at radius 1 is 1.36 bits per heavy atom. The van der Waals surface area contributed by atoms with Crippen molar-refractivity contribution in [3.8, 4) is 5.75 Å². The molecule has 0 unspecified atom stereocenters. The Labute approximate surface area is 87.8 Å². The number of halogens is 1. The summed E-state index contributed by atoms with van der Waals surface area (Å²) in [5.41, 5.74) is 1.93. The van der Waals surface area contributed by atoms with Crippen molar-refractivity contribution >= 4 is 17.4 Å². The number of hydrogen-bond acceptors (Lipinski definition) is 2. The summed E-state index contributed by atoms with van der Waals surface area (Å²) in [5.74, 6) is 0.983. The maximum Gasteiger partial charge on any atom is 0.163 e. The fraction of sp³-hybridized carbons (Fsp3) is 0.364. The first kappa shape index (κ1) is 9.53. The predicted octanol–water partition coefficient (Wildman–Crippen LogP) is 2.78. The third-order valence-corrected chi connectivity index (χ3v) is 2.56. The van der Waals surface area contributed by atoms with Crippen LogP contribution in [0.3, 0.4) is 0 Å². The van der Waals surface area contributed by atoms with E-state index in [1.807, 2.05) is 12.1 Å². The second kappa shape index (κ2) is 4.01. The molecule has 0 N–H and O–H groups in total. The van der Waals surface area contributed by atoms with Gasteiger partial charge in [0.25, 0.3) is 0 Å². The number of fused-ring (bicyclic) bond motifs is 1. The Morgan fingerprint density at radius 2 is 2.21 bits per heavy atom. The largest absolute Gasteiger partial charge is 0.478 e. The summed E-state index contributed by atoms with van der Waals surface area (Å²) >= 11 is 5.46. The summed E-state index contributed by atoms with van der Waals surface area (Å²) in [5, 5.41) is 0. The van der Waals surface area contributed by atoms with Gasteiger partial charge in [-0.15, -0.1) is 0 Å². The van der Waals surface area contributed by atoms with Gasteiger partial charge in [-0.2, -0.15) is 0 Å². The van der Waals surface area contributed by atoms with Crippen LogP contribution in [0.5, 0.6) is 5.75 Å². The molecule has 3 heteroatoms. The van der Waals surface area contributed by atoms with Crippen LogP contribution in [0.15, 0.2) is 18.2 Å². The van der Waals surface area contributed by atoms with Crippen molar-refractivity contribution in [1.29, 1.82) is 0 Å². The first-order chi connectivity index (χ1) is 6.81. The van der Waals surface area contributed by atoms with E-state index in [1.165, 1.54) is 0 Å². The summed E-state index contributed by atoms with van der Waals surface area (Å²) in [6, 6.07) is 5.69. The van der Waals surface area contributed by atoms with Gasteiger partial charge in [-0.1, -0.05) is 11.6 Å². The molecule has 0 saturated heterocycles. The smallest absolute Gasteiger partial charge is 0.163 e. The third kappa shape index (κ3) is 1.75. The first-order valence-corrected chi connectivity index (χ1v) is 5.19. The van der Waals surface area contributed by atoms with Crippen LogP contribution < -0.4 is 4.74 Å². The van der Waals surface area contributed by atoms with E-state index in [9.17, 15) is 4.79 Å². The highest BCUT2D eigenvalue weighted by atomic mass is 35.5. The fourth-order valence-corrected chi connectivity index (χ4v) is 1.90. The number of ketones is 1. The molecular weight excluding hydrogens is 200 g/mol. The Kier molecular flexibility index (Phi) is 2.73. The van der Waals surface area contributed by atoms with E-state index in [4.69, 9.17) is 16.3 Å². The molecule has 1 aromatic carbocycles. The molecule has 1 aliphatic carbocycles. The van der Waals surface area contributed by atoms with Crippen LogP contribution >= 0.6 is 11.6 Å². The van der Waals surface area contributed by atoms with Crippen molar-refractivity contribution in [2.45, 2.75) is 19.3 Å². The molecule has 0 spiro atoms. The van der Waals surface area contributed by atoms with Gasteiger partial charge in [0.2, 0.25) is 0 Å². The predicted molar refractivity (Wildman–Crippen MR) is 55.1 cm³/mol. The van der Waals surface area contributed by atoms with E-state index in [0.717, 1.165) is 29.7 Å². The molecule has 0 atom stereocenters. The molecule has 1 aromatic rings. The molecule has 0 radical (unpaired) electrons. The topological polar surface area (TPSA) is 26.3 Å². The van der Waals surface area contributed by atoms with Crippen LogP contribution in [-0.2, 0) is 6.42 Å². The zero-order valence-electron chi connectivity index (χ0n) is 7.75. The van der Waals surface area contributed by atoms with Crippen molar-refractivity contribution < 1.29 is 9.53 Å². The Morgan fingerprint density at radius 3 is 3.00 bits per heavy atom. The molecule has 2 nitrogen and oxygen atoms in total. The van der Waals surface area contributed by atoms with Gasteiger partial charge in [0.05, 0.1) is 0 Å². The SMILES string of the molecule is O=C1CCCc2cc(OCCl)ccc21. The van der Waals surface area contributed by atoms with Crippen LogP contribution in [0.25, 0.3) is 0 Å². The van der Waals surface area contributed by atoms with E-state index < -0.39 is 0 Å². The standard InChI is InChI=1S/C11H11ClO2/c12-7-14-9-4-5-10-8(6-9)2-1-3-11(10)13/h4-6H,1-3,7H2. The molecule has 1 aliphatic rings. The molecule has 14 heavy (non-hydrogen) atoms. The van der Waals surface area contributed by atoms with Gasteiger partial charge in [-0.3, -0.25) is 4.79 Å². The number of benzene rings is 1. The third-order valence-electron chi connectivity index (χ3n) is 2.45. The molecule has 0 aliphatic heterocycles. The lowest BCUT2D eigenvalue weighted by molar-refractivity contribution is 0.0972. The van der Waals surface area contributed by atoms with Crippen molar-refractivity contribution in [2.24, 2.45) is 0 Å². The first-order valence-electron chi connectivity index (χ1n) is 4.66. The number of hydrogen-bond donors (Lipinski definition) is 0. The maximum atomic E-state index is 11.5. The number of carbonyl (C=O) groups is 1. The lowest BCUT2D eigenvalue weighted by Gasteiger charge is -2.15. The van der Waals surface area contributed by atoms with Crippen molar-refractivity contribution in [3.63, 3.8) is 0 Å². The Balaban J connectivity index is 2.34. The molecule has 74 valence electrons. The molecule has 2 rings (SSSR count). The van der Waals surface area contributed by atoms with Crippen LogP contribution in [0.2, 0.25) is 0 Å². The quantitative estimate of drug-likeness (QED) is 0.702. The van der Waals surface area contributed by atoms with Crippen LogP contribution in [-0.4, -0.2) is 11.8 Å². The second-order valence-electron chi connectivity index (χ2n) is 3.35. The molecule has 0 saturated carbocycles. The summed E-state index contributed by atoms with van der Waals surface area (Å²) in [4.78, 5) is 11.5. The number of carbonyl (C=O) groups excluding carboxylic acids is 1. The van der Waals surface area contributed by atoms with E-state index >= 15 is 0 Å². The molecule has 0 amide bonds. The number of Topliss-reactive ketones (excluding diaryl/α,β-unsaturated/α-hetero) is 1. The molecule has 0 heterocycles. The van der Waals surface area contributed by atoms with Crippen LogP contribution in [0.4, 0.5) is 0 Å². The van der Waals surface area contributed by atoms with Gasteiger partial charge in [0.15, 0.2) is 11.8 Å². The van der Waals surface area contributed by atoms with Gasteiger partial charge < -0.3 is 4.74 Å². The molecule has 0 fully saturated rings. The lowest BCUT2D eigenvalue weighted by Crippen LogP contribution is -2.10. The molecular formula is C11H11ClO2. The Hall–Kier alpha value is -1.02. The van der Waals surface area contributed by atoms with E-state index in [0.29, 0.717) is 6.42 Å². The second-order valence-corrected chi connectivity index (χ2v) is 3.57. The van der Waals surface area contributed by atoms with E-state index in [2.05, 4.69) is 0 Å². The van der Waals surface area contributed by atoms with E-state index in [-0.39, 0.29) is 11.8 Å². The van der Waals surface area contributed by atoms with Crippen molar-refractivity contribution in [1.82, 2.24) is 0 Å². The maximum absolute atomic E-state index is 11.5. The van der Waals surface area contributed by atoms with Gasteiger partial charge in [0, 0.05) is 12.0 Å². The summed E-state index contributed by atoms with van der Waals surface area (Å²) < 4.78 is 5.16. The van der Waals surface area contributed by atoms with Crippen LogP contribution in [0, 0.1) is 0 Å². The molecule has 0 bridgehead atoms. The van der Waals surface area contributed by atoms with Crippen molar-refractivity contribution in [2.75, 3.05) is 6.07 Å². The minimum absolute atomic E-state index is 0.146. The minimum Gasteiger partial charge on any atom is -0.478 e. The number of alkyl halides is 1. The lowest BCUT2D eigenvalue weighted by atomic mass is 9.91. The average molecular weight is 211 g/mol. The highest BCUT2D eigenvalue weighted by Gasteiger charge is 2.16. The van der Waals surface area contributed by atoms with Gasteiger partial charge >= 0.3 is 0 Å². The van der Waals surface area contributed by atoms with Crippen LogP contribution in [0.1, 0.15) is 28.8 Å². The highest BCUT2D eigenvalue weighted by Crippen LogP contribution is 2.25. The summed E-state index contributed by atoms with van der Waals surface area (Å²) in [6.45, 7) is 0. The van der Waals surface area contributed by atoms with Gasteiger partial charge in [-0.05, 0) is 36.6 Å². The average Bonchev–Trinajstić information content (AvgIpc) is 2.18. The zero-order valence-corrected chi connectivity index (χ0v) is 8.51. The fourth-order valence-electron chi connectivity index (χ4n) is 1.78. The number of ether oxygens (including phenoxy) is 1. The van der Waals surface area contributed by atoms with Gasteiger partial charge in [-0.25, -0.2) is 0 Å². The Bertz CT molecular complexity index is 360. The van der Waals surface area contributed by atoms with Gasteiger partial charge in [0.1, 0.15) is 5.75 Å². The minimum atomic E-state index is 0.146. The highest BCUT2D eigenvalue weighted by molar-refractivity contribution is 6.17. The molecule has 0 aromatic heterocycles. The van der Waals surface area contributed by atoms with E-state index in [1.54, 1.807) is 6.07 Å². The number of aryl methyl sites for hydroxylation is 1. The monoisotopic (exact) mass is 210 g/mol. The van der Waals surface area contributed by atoms with Crippen molar-refractivity contribution in [3.05, 3.63) is 29.3 Å². The zero-order chi connectivity index (χ0) is 9.97. The normalized spacial score (nSPS) is 15.1. The number of rotatable bonds is 2.